The molecule has 0 atom stereocenters. The molecule has 0 saturated heterocycles. The predicted molar refractivity (Wildman–Crippen MR) is 57.4 cm³/mol. The van der Waals surface area contributed by atoms with Crippen LogP contribution in [0.2, 0.25) is 0 Å². The lowest BCUT2D eigenvalue weighted by molar-refractivity contribution is 0.0920. The number of halogens is 1. The Morgan fingerprint density at radius 3 is 2.79 bits per heavy atom. The van der Waals surface area contributed by atoms with Gasteiger partial charge in [0.1, 0.15) is 0 Å². The highest BCUT2D eigenvalue weighted by molar-refractivity contribution is 9.09. The van der Waals surface area contributed by atoms with Crippen LogP contribution in [0.3, 0.4) is 0 Å². The first kappa shape index (κ1) is 11.1. The summed E-state index contributed by atoms with van der Waals surface area (Å²) in [5.74, 6) is -0.135. The van der Waals surface area contributed by atoms with E-state index in [1.165, 1.54) is 12.4 Å². The molecule has 0 spiro atoms. The Kier molecular flexibility index (Phi) is 3.57. The van der Waals surface area contributed by atoms with Crippen molar-refractivity contribution in [3.05, 3.63) is 24.0 Å². The SMILES string of the molecule is CC(C)(CBr)NC(=O)c1ccnnc1. The van der Waals surface area contributed by atoms with Gasteiger partial charge in [0.25, 0.3) is 5.91 Å². The van der Waals surface area contributed by atoms with Crippen LogP contribution < -0.4 is 5.32 Å². The number of hydrogen-bond acceptors (Lipinski definition) is 3. The van der Waals surface area contributed by atoms with E-state index < -0.39 is 0 Å². The van der Waals surface area contributed by atoms with Crippen molar-refractivity contribution in [1.29, 1.82) is 0 Å². The van der Waals surface area contributed by atoms with Crippen molar-refractivity contribution in [1.82, 2.24) is 15.5 Å². The second-order valence-electron chi connectivity index (χ2n) is 3.60. The lowest BCUT2D eigenvalue weighted by atomic mass is 10.1. The van der Waals surface area contributed by atoms with Crippen LogP contribution in [-0.4, -0.2) is 27.0 Å². The van der Waals surface area contributed by atoms with Gasteiger partial charge in [-0.15, -0.1) is 0 Å². The van der Waals surface area contributed by atoms with E-state index in [1.54, 1.807) is 6.07 Å². The number of nitrogens with one attached hydrogen (secondary N) is 1. The van der Waals surface area contributed by atoms with Crippen molar-refractivity contribution >= 4 is 21.8 Å². The minimum Gasteiger partial charge on any atom is -0.346 e. The van der Waals surface area contributed by atoms with Crippen LogP contribution in [0, 0.1) is 0 Å². The molecule has 1 rings (SSSR count). The summed E-state index contributed by atoms with van der Waals surface area (Å²) in [4.78, 5) is 11.6. The fourth-order valence-corrected chi connectivity index (χ4v) is 0.978. The fraction of sp³-hybridized carbons (Fsp3) is 0.444. The second-order valence-corrected chi connectivity index (χ2v) is 4.16. The first-order valence-electron chi connectivity index (χ1n) is 4.20. The predicted octanol–water partition coefficient (Wildman–Crippen LogP) is 1.38. The summed E-state index contributed by atoms with van der Waals surface area (Å²) < 4.78 is 0. The quantitative estimate of drug-likeness (QED) is 0.833. The third-order valence-electron chi connectivity index (χ3n) is 1.63. The highest BCUT2D eigenvalue weighted by Crippen LogP contribution is 2.07. The van der Waals surface area contributed by atoms with E-state index in [9.17, 15) is 4.79 Å². The molecule has 0 aliphatic rings. The maximum Gasteiger partial charge on any atom is 0.253 e. The lowest BCUT2D eigenvalue weighted by Gasteiger charge is -2.23. The van der Waals surface area contributed by atoms with Crippen LogP contribution in [0.4, 0.5) is 0 Å². The molecule has 0 saturated carbocycles. The monoisotopic (exact) mass is 257 g/mol. The Morgan fingerprint density at radius 2 is 2.29 bits per heavy atom. The van der Waals surface area contributed by atoms with Crippen molar-refractivity contribution in [3.8, 4) is 0 Å². The van der Waals surface area contributed by atoms with Gasteiger partial charge in [0.05, 0.1) is 18.0 Å². The largest absolute Gasteiger partial charge is 0.346 e. The Bertz CT molecular complexity index is 313. The molecular weight excluding hydrogens is 246 g/mol. The first-order chi connectivity index (χ1) is 6.55. The van der Waals surface area contributed by atoms with Gasteiger partial charge in [0.2, 0.25) is 0 Å². The Balaban J connectivity index is 2.69. The van der Waals surface area contributed by atoms with Gasteiger partial charge in [-0.05, 0) is 19.9 Å². The molecule has 5 heteroatoms. The zero-order chi connectivity index (χ0) is 10.6. The molecule has 1 aromatic rings. The molecule has 0 bridgehead atoms. The van der Waals surface area contributed by atoms with Gasteiger partial charge in [-0.25, -0.2) is 0 Å². The van der Waals surface area contributed by atoms with E-state index in [1.807, 2.05) is 13.8 Å². The van der Waals surface area contributed by atoms with E-state index in [0.717, 1.165) is 0 Å². The first-order valence-corrected chi connectivity index (χ1v) is 5.32. The van der Waals surface area contributed by atoms with Gasteiger partial charge in [-0.1, -0.05) is 15.9 Å². The molecule has 1 N–H and O–H groups in total. The summed E-state index contributed by atoms with van der Waals surface area (Å²) in [5, 5.41) is 10.8. The molecule has 0 aromatic carbocycles. The molecule has 0 fully saturated rings. The normalized spacial score (nSPS) is 11.1. The molecule has 1 aromatic heterocycles. The molecule has 76 valence electrons. The maximum atomic E-state index is 11.6. The summed E-state index contributed by atoms with van der Waals surface area (Å²) in [6, 6.07) is 1.63. The summed E-state index contributed by atoms with van der Waals surface area (Å²) >= 11 is 3.33. The number of aromatic nitrogens is 2. The minimum absolute atomic E-state index is 0.135. The van der Waals surface area contributed by atoms with Gasteiger partial charge >= 0.3 is 0 Å². The molecule has 14 heavy (non-hydrogen) atoms. The number of nitrogens with zero attached hydrogens (tertiary/aromatic N) is 2. The third-order valence-corrected chi connectivity index (χ3v) is 3.03. The minimum atomic E-state index is -0.264. The summed E-state index contributed by atoms with van der Waals surface area (Å²) in [5.41, 5.74) is 0.259. The molecule has 0 aliphatic heterocycles. The van der Waals surface area contributed by atoms with Crippen LogP contribution in [0.15, 0.2) is 18.5 Å². The van der Waals surface area contributed by atoms with E-state index >= 15 is 0 Å². The summed E-state index contributed by atoms with van der Waals surface area (Å²) in [6.45, 7) is 3.88. The molecular formula is C9H12BrN3O. The zero-order valence-electron chi connectivity index (χ0n) is 8.12. The molecule has 0 radical (unpaired) electrons. The standard InChI is InChI=1S/C9H12BrN3O/c1-9(2,6-10)13-8(14)7-3-4-11-12-5-7/h3-5H,6H2,1-2H3,(H,13,14). The van der Waals surface area contributed by atoms with Gasteiger partial charge in [-0.3, -0.25) is 4.79 Å². The van der Waals surface area contributed by atoms with E-state index in [2.05, 4.69) is 31.4 Å². The van der Waals surface area contributed by atoms with Crippen molar-refractivity contribution in [3.63, 3.8) is 0 Å². The van der Waals surface area contributed by atoms with Crippen molar-refractivity contribution in [2.75, 3.05) is 5.33 Å². The average Bonchev–Trinajstić information content (AvgIpc) is 2.19. The topological polar surface area (TPSA) is 54.9 Å². The van der Waals surface area contributed by atoms with Crippen LogP contribution in [0.25, 0.3) is 0 Å². The highest BCUT2D eigenvalue weighted by atomic mass is 79.9. The number of alkyl halides is 1. The molecule has 0 unspecified atom stereocenters. The lowest BCUT2D eigenvalue weighted by Crippen LogP contribution is -2.44. The zero-order valence-corrected chi connectivity index (χ0v) is 9.71. The van der Waals surface area contributed by atoms with Crippen LogP contribution >= 0.6 is 15.9 Å². The third kappa shape index (κ3) is 3.06. The average molecular weight is 258 g/mol. The number of rotatable bonds is 3. The molecule has 4 nitrogen and oxygen atoms in total. The maximum absolute atomic E-state index is 11.6. The van der Waals surface area contributed by atoms with Gasteiger partial charge in [0, 0.05) is 10.9 Å². The van der Waals surface area contributed by atoms with Crippen molar-refractivity contribution < 1.29 is 4.79 Å². The smallest absolute Gasteiger partial charge is 0.253 e. The van der Waals surface area contributed by atoms with Crippen molar-refractivity contribution in [2.24, 2.45) is 0 Å². The van der Waals surface area contributed by atoms with Crippen LogP contribution in [0.1, 0.15) is 24.2 Å². The fourth-order valence-electron chi connectivity index (χ4n) is 0.838. The molecule has 0 aliphatic carbocycles. The molecule has 1 amide bonds. The van der Waals surface area contributed by atoms with Crippen molar-refractivity contribution in [2.45, 2.75) is 19.4 Å². The number of amides is 1. The highest BCUT2D eigenvalue weighted by Gasteiger charge is 2.19. The van der Waals surface area contributed by atoms with Crippen LogP contribution in [0.5, 0.6) is 0 Å². The van der Waals surface area contributed by atoms with Gasteiger partial charge in [0.15, 0.2) is 0 Å². The number of carbonyl (C=O) groups is 1. The summed E-state index contributed by atoms with van der Waals surface area (Å²) in [6.07, 6.45) is 2.94. The summed E-state index contributed by atoms with van der Waals surface area (Å²) in [7, 11) is 0. The van der Waals surface area contributed by atoms with E-state index in [0.29, 0.717) is 10.9 Å². The Morgan fingerprint density at radius 1 is 1.57 bits per heavy atom. The van der Waals surface area contributed by atoms with E-state index in [-0.39, 0.29) is 11.4 Å². The Labute approximate surface area is 91.2 Å². The number of hydrogen-bond donors (Lipinski definition) is 1. The van der Waals surface area contributed by atoms with Gasteiger partial charge in [-0.2, -0.15) is 10.2 Å². The van der Waals surface area contributed by atoms with E-state index in [4.69, 9.17) is 0 Å². The number of carbonyl (C=O) groups excluding carboxylic acids is 1. The van der Waals surface area contributed by atoms with Gasteiger partial charge < -0.3 is 5.32 Å². The Hall–Kier alpha value is -0.970. The molecule has 1 heterocycles. The second kappa shape index (κ2) is 4.50. The van der Waals surface area contributed by atoms with Crippen LogP contribution in [-0.2, 0) is 0 Å².